The lowest BCUT2D eigenvalue weighted by molar-refractivity contribution is 0.0144. The smallest absolute Gasteiger partial charge is 0.255 e. The number of rotatable bonds is 4. The number of nitrogens with one attached hydrogen (secondary N) is 1. The zero-order valence-corrected chi connectivity index (χ0v) is 17.8. The fourth-order valence-electron chi connectivity index (χ4n) is 2.85. The number of hydrogen-bond donors (Lipinski definition) is 2. The molecule has 0 unspecified atom stereocenters. The largest absolute Gasteiger partial charge is 0.322 e. The molecule has 160 valence electrons. The summed E-state index contributed by atoms with van der Waals surface area (Å²) in [4.78, 5) is 16.1. The molecule has 4 aromatic carbocycles. The lowest BCUT2D eigenvalue weighted by Gasteiger charge is -2.13. The summed E-state index contributed by atoms with van der Waals surface area (Å²) in [6.07, 6.45) is 0. The van der Waals surface area contributed by atoms with Gasteiger partial charge in [-0.05, 0) is 36.4 Å². The molecule has 32 heavy (non-hydrogen) atoms. The number of benzene rings is 4. The van der Waals surface area contributed by atoms with Crippen LogP contribution in [0.25, 0.3) is 0 Å². The van der Waals surface area contributed by atoms with E-state index in [0.717, 1.165) is 22.0 Å². The van der Waals surface area contributed by atoms with Gasteiger partial charge in [0.2, 0.25) is 0 Å². The van der Waals surface area contributed by atoms with Gasteiger partial charge in [-0.1, -0.05) is 84.9 Å². The first kappa shape index (κ1) is 22.5. The molecule has 2 N–H and O–H groups in total. The van der Waals surface area contributed by atoms with Crippen LogP contribution in [0.15, 0.2) is 126 Å². The Morgan fingerprint density at radius 3 is 1.62 bits per heavy atom. The van der Waals surface area contributed by atoms with Gasteiger partial charge < -0.3 is 5.32 Å². The van der Waals surface area contributed by atoms with Crippen LogP contribution in [0.4, 0.5) is 11.4 Å². The van der Waals surface area contributed by atoms with Crippen molar-refractivity contribution in [3.8, 4) is 0 Å². The number of hydroxylamine groups is 2. The SMILES string of the molecule is CN(O)C(=Nc1ccccc1)c1ccccc1.O=C(Nc1ccccc1)c1ccccc1. The summed E-state index contributed by atoms with van der Waals surface area (Å²) in [5.41, 5.74) is 3.17. The van der Waals surface area contributed by atoms with E-state index in [-0.39, 0.29) is 5.91 Å². The van der Waals surface area contributed by atoms with E-state index >= 15 is 0 Å². The van der Waals surface area contributed by atoms with Crippen molar-refractivity contribution < 1.29 is 10.0 Å². The number of nitrogens with zero attached hydrogens (tertiary/aromatic N) is 2. The molecule has 4 rings (SSSR count). The van der Waals surface area contributed by atoms with E-state index in [1.54, 1.807) is 19.2 Å². The average molecular weight is 424 g/mol. The van der Waals surface area contributed by atoms with Gasteiger partial charge in [-0.2, -0.15) is 0 Å². The molecular formula is C27H25N3O2. The molecule has 0 saturated carbocycles. The lowest BCUT2D eigenvalue weighted by atomic mass is 10.2. The third-order valence-corrected chi connectivity index (χ3v) is 4.40. The van der Waals surface area contributed by atoms with E-state index in [1.165, 1.54) is 0 Å². The zero-order valence-electron chi connectivity index (χ0n) is 17.8. The van der Waals surface area contributed by atoms with Crippen molar-refractivity contribution in [1.29, 1.82) is 0 Å². The second-order valence-corrected chi connectivity index (χ2v) is 6.85. The van der Waals surface area contributed by atoms with E-state index in [9.17, 15) is 10.0 Å². The first-order chi connectivity index (χ1) is 15.6. The highest BCUT2D eigenvalue weighted by Gasteiger charge is 2.06. The van der Waals surface area contributed by atoms with Crippen molar-refractivity contribution >= 4 is 23.1 Å². The summed E-state index contributed by atoms with van der Waals surface area (Å²) in [6, 6.07) is 37.7. The quantitative estimate of drug-likeness (QED) is 0.239. The highest BCUT2D eigenvalue weighted by Crippen LogP contribution is 2.14. The van der Waals surface area contributed by atoms with E-state index < -0.39 is 0 Å². The first-order valence-electron chi connectivity index (χ1n) is 10.2. The maximum absolute atomic E-state index is 11.7. The molecule has 0 aliphatic heterocycles. The Kier molecular flexibility index (Phi) is 8.31. The molecule has 0 radical (unpaired) electrons. The predicted octanol–water partition coefficient (Wildman–Crippen LogP) is 6.02. The third-order valence-electron chi connectivity index (χ3n) is 4.40. The number of amides is 1. The van der Waals surface area contributed by atoms with Crippen molar-refractivity contribution in [2.24, 2.45) is 4.99 Å². The molecule has 0 aliphatic rings. The zero-order chi connectivity index (χ0) is 22.6. The lowest BCUT2D eigenvalue weighted by Crippen LogP contribution is -2.23. The average Bonchev–Trinajstić information content (AvgIpc) is 2.85. The number of amidine groups is 1. The Morgan fingerprint density at radius 2 is 1.12 bits per heavy atom. The summed E-state index contributed by atoms with van der Waals surface area (Å²) < 4.78 is 0. The second kappa shape index (κ2) is 11.8. The highest BCUT2D eigenvalue weighted by atomic mass is 16.5. The van der Waals surface area contributed by atoms with Crippen LogP contribution >= 0.6 is 0 Å². The molecule has 1 amide bonds. The Bertz CT molecular complexity index is 1110. The Hall–Kier alpha value is -4.22. The molecule has 5 nitrogen and oxygen atoms in total. The van der Waals surface area contributed by atoms with Crippen molar-refractivity contribution in [3.63, 3.8) is 0 Å². The van der Waals surface area contributed by atoms with E-state index in [4.69, 9.17) is 0 Å². The number of para-hydroxylation sites is 2. The van der Waals surface area contributed by atoms with Crippen LogP contribution in [-0.2, 0) is 0 Å². The maximum Gasteiger partial charge on any atom is 0.255 e. The molecule has 0 aromatic heterocycles. The van der Waals surface area contributed by atoms with Gasteiger partial charge in [0.05, 0.1) is 5.69 Å². The van der Waals surface area contributed by atoms with Crippen molar-refractivity contribution in [3.05, 3.63) is 132 Å². The van der Waals surface area contributed by atoms with Gasteiger partial charge in [-0.15, -0.1) is 0 Å². The molecule has 0 atom stereocenters. The molecule has 0 saturated heterocycles. The first-order valence-corrected chi connectivity index (χ1v) is 10.2. The van der Waals surface area contributed by atoms with E-state index in [2.05, 4.69) is 10.3 Å². The van der Waals surface area contributed by atoms with E-state index in [1.807, 2.05) is 109 Å². The summed E-state index contributed by atoms with van der Waals surface area (Å²) in [6.45, 7) is 0. The molecule has 0 spiro atoms. The monoisotopic (exact) mass is 423 g/mol. The molecular weight excluding hydrogens is 398 g/mol. The van der Waals surface area contributed by atoms with Gasteiger partial charge in [0.1, 0.15) is 0 Å². The van der Waals surface area contributed by atoms with Crippen molar-refractivity contribution in [2.75, 3.05) is 12.4 Å². The standard InChI is InChI=1S/C14H14N2O.C13H11NO/c1-16(17)14(12-8-4-2-5-9-12)15-13-10-6-3-7-11-13;15-13(11-7-3-1-4-8-11)14-12-9-5-2-6-10-12/h2-11,17H,1H3;1-10H,(H,14,15). The van der Waals surface area contributed by atoms with Crippen molar-refractivity contribution in [1.82, 2.24) is 5.06 Å². The van der Waals surface area contributed by atoms with E-state index in [0.29, 0.717) is 11.4 Å². The number of hydrogen-bond acceptors (Lipinski definition) is 3. The maximum atomic E-state index is 11.7. The minimum atomic E-state index is -0.0817. The van der Waals surface area contributed by atoms with Crippen LogP contribution in [0.3, 0.4) is 0 Å². The Labute approximate surface area is 188 Å². The number of carbonyl (C=O) groups is 1. The predicted molar refractivity (Wildman–Crippen MR) is 129 cm³/mol. The van der Waals surface area contributed by atoms with Crippen LogP contribution in [0.5, 0.6) is 0 Å². The fraction of sp³-hybridized carbons (Fsp3) is 0.0370. The molecule has 0 bridgehead atoms. The Morgan fingerprint density at radius 1 is 0.688 bits per heavy atom. The van der Waals surface area contributed by atoms with Crippen LogP contribution < -0.4 is 5.32 Å². The van der Waals surface area contributed by atoms with Gasteiger partial charge in [-0.3, -0.25) is 10.0 Å². The number of carbonyl (C=O) groups excluding carboxylic acids is 1. The number of aliphatic imine (C=N–C) groups is 1. The van der Waals surface area contributed by atoms with Gasteiger partial charge >= 0.3 is 0 Å². The number of anilines is 1. The van der Waals surface area contributed by atoms with Gasteiger partial charge in [0.25, 0.3) is 5.91 Å². The topological polar surface area (TPSA) is 64.9 Å². The fourth-order valence-corrected chi connectivity index (χ4v) is 2.85. The van der Waals surface area contributed by atoms with Crippen LogP contribution in [-0.4, -0.2) is 29.1 Å². The summed E-state index contributed by atoms with van der Waals surface area (Å²) in [5, 5.41) is 13.5. The minimum Gasteiger partial charge on any atom is -0.322 e. The normalized spacial score (nSPS) is 10.5. The highest BCUT2D eigenvalue weighted by molar-refractivity contribution is 6.04. The summed E-state index contributed by atoms with van der Waals surface area (Å²) >= 11 is 0. The van der Waals surface area contributed by atoms with Crippen LogP contribution in [0.1, 0.15) is 15.9 Å². The van der Waals surface area contributed by atoms with Gasteiger partial charge in [0, 0.05) is 23.9 Å². The second-order valence-electron chi connectivity index (χ2n) is 6.85. The summed E-state index contributed by atoms with van der Waals surface area (Å²) in [5.74, 6) is 0.443. The molecule has 0 aliphatic carbocycles. The third kappa shape index (κ3) is 6.93. The molecule has 5 heteroatoms. The molecule has 0 heterocycles. The van der Waals surface area contributed by atoms with Crippen LogP contribution in [0.2, 0.25) is 0 Å². The van der Waals surface area contributed by atoms with Gasteiger partial charge in [-0.25, -0.2) is 10.1 Å². The summed E-state index contributed by atoms with van der Waals surface area (Å²) in [7, 11) is 1.56. The van der Waals surface area contributed by atoms with Gasteiger partial charge in [0.15, 0.2) is 5.84 Å². The van der Waals surface area contributed by atoms with Crippen molar-refractivity contribution in [2.45, 2.75) is 0 Å². The van der Waals surface area contributed by atoms with Crippen LogP contribution in [0, 0.1) is 0 Å². The minimum absolute atomic E-state index is 0.0817. The molecule has 0 fully saturated rings. The Balaban J connectivity index is 0.000000182. The molecule has 4 aromatic rings.